The van der Waals surface area contributed by atoms with E-state index in [2.05, 4.69) is 35.5 Å². The van der Waals surface area contributed by atoms with Crippen molar-refractivity contribution in [2.75, 3.05) is 27.2 Å². The van der Waals surface area contributed by atoms with Crippen molar-refractivity contribution in [1.82, 2.24) is 10.6 Å². The van der Waals surface area contributed by atoms with Crippen molar-refractivity contribution in [3.8, 4) is 5.75 Å². The summed E-state index contributed by atoms with van der Waals surface area (Å²) in [7, 11) is 3.58. The maximum atomic E-state index is 5.79. The van der Waals surface area contributed by atoms with E-state index >= 15 is 0 Å². The predicted molar refractivity (Wildman–Crippen MR) is 76.4 cm³/mol. The largest absolute Gasteiger partial charge is 0.491 e. The van der Waals surface area contributed by atoms with Crippen molar-refractivity contribution in [3.63, 3.8) is 0 Å². The molecule has 2 N–H and O–H groups in total. The van der Waals surface area contributed by atoms with Crippen molar-refractivity contribution >= 4 is 5.96 Å². The van der Waals surface area contributed by atoms with Gasteiger partial charge in [0.1, 0.15) is 12.4 Å². The Bertz CT molecular complexity index is 388. The molecule has 0 fully saturated rings. The van der Waals surface area contributed by atoms with Crippen LogP contribution in [0.2, 0.25) is 0 Å². The van der Waals surface area contributed by atoms with Crippen molar-refractivity contribution in [2.24, 2.45) is 4.99 Å². The Morgan fingerprint density at radius 2 is 2.06 bits per heavy atom. The average molecular weight is 249 g/mol. The van der Waals surface area contributed by atoms with Crippen molar-refractivity contribution in [1.29, 1.82) is 0 Å². The van der Waals surface area contributed by atoms with Gasteiger partial charge in [-0.1, -0.05) is 32.0 Å². The number of nitrogens with zero attached hydrogens (tertiary/aromatic N) is 1. The minimum absolute atomic E-state index is 0.472. The molecule has 0 bridgehead atoms. The summed E-state index contributed by atoms with van der Waals surface area (Å²) in [6.45, 7) is 5.68. The second-order valence-electron chi connectivity index (χ2n) is 4.29. The molecule has 0 saturated heterocycles. The number of nitrogens with one attached hydrogen (secondary N) is 2. The molecule has 1 aromatic rings. The van der Waals surface area contributed by atoms with Gasteiger partial charge in [0, 0.05) is 14.1 Å². The van der Waals surface area contributed by atoms with Crippen LogP contribution in [-0.4, -0.2) is 33.2 Å². The highest BCUT2D eigenvalue weighted by Gasteiger charge is 2.06. The number of guanidine groups is 1. The normalized spacial score (nSPS) is 11.5. The van der Waals surface area contributed by atoms with Crippen LogP contribution in [0.15, 0.2) is 29.3 Å². The van der Waals surface area contributed by atoms with E-state index in [-0.39, 0.29) is 0 Å². The summed E-state index contributed by atoms with van der Waals surface area (Å²) >= 11 is 0. The zero-order chi connectivity index (χ0) is 13.4. The summed E-state index contributed by atoms with van der Waals surface area (Å²) in [5.41, 5.74) is 1.25. The molecule has 0 spiro atoms. The Morgan fingerprint density at radius 1 is 1.33 bits per heavy atom. The van der Waals surface area contributed by atoms with E-state index in [4.69, 9.17) is 4.74 Å². The zero-order valence-corrected chi connectivity index (χ0v) is 11.7. The van der Waals surface area contributed by atoms with Crippen LogP contribution >= 0.6 is 0 Å². The van der Waals surface area contributed by atoms with Crippen LogP contribution in [0.1, 0.15) is 25.3 Å². The average Bonchev–Trinajstić information content (AvgIpc) is 2.39. The number of benzene rings is 1. The topological polar surface area (TPSA) is 45.7 Å². The van der Waals surface area contributed by atoms with Crippen LogP contribution in [0.4, 0.5) is 0 Å². The monoisotopic (exact) mass is 249 g/mol. The molecule has 0 heterocycles. The van der Waals surface area contributed by atoms with Gasteiger partial charge >= 0.3 is 0 Å². The fourth-order valence-electron chi connectivity index (χ4n) is 1.70. The third-order valence-electron chi connectivity index (χ3n) is 2.65. The van der Waals surface area contributed by atoms with Gasteiger partial charge in [-0.05, 0) is 17.5 Å². The fraction of sp³-hybridized carbons (Fsp3) is 0.500. The lowest BCUT2D eigenvalue weighted by Crippen LogP contribution is -2.37. The molecule has 1 rings (SSSR count). The third kappa shape index (κ3) is 4.28. The molecule has 0 unspecified atom stereocenters. The summed E-state index contributed by atoms with van der Waals surface area (Å²) in [4.78, 5) is 4.04. The Morgan fingerprint density at radius 3 is 2.67 bits per heavy atom. The lowest BCUT2D eigenvalue weighted by atomic mass is 10.0. The lowest BCUT2D eigenvalue weighted by molar-refractivity contribution is 0.317. The van der Waals surface area contributed by atoms with Crippen LogP contribution in [0.25, 0.3) is 0 Å². The molecule has 0 radical (unpaired) electrons. The van der Waals surface area contributed by atoms with E-state index in [1.54, 1.807) is 7.05 Å². The van der Waals surface area contributed by atoms with Gasteiger partial charge in [0.05, 0.1) is 6.54 Å². The Hall–Kier alpha value is -1.71. The molecule has 0 amide bonds. The van der Waals surface area contributed by atoms with Crippen LogP contribution in [0.3, 0.4) is 0 Å². The van der Waals surface area contributed by atoms with E-state index in [0.717, 1.165) is 18.3 Å². The number of hydrogen-bond donors (Lipinski definition) is 2. The smallest absolute Gasteiger partial charge is 0.190 e. The van der Waals surface area contributed by atoms with E-state index in [1.807, 2.05) is 25.2 Å². The molecule has 1 aromatic carbocycles. The highest BCUT2D eigenvalue weighted by molar-refractivity contribution is 5.79. The first-order chi connectivity index (χ1) is 8.69. The van der Waals surface area contributed by atoms with E-state index in [1.165, 1.54) is 5.56 Å². The van der Waals surface area contributed by atoms with Crippen LogP contribution in [0.5, 0.6) is 5.75 Å². The van der Waals surface area contributed by atoms with Crippen molar-refractivity contribution < 1.29 is 4.74 Å². The van der Waals surface area contributed by atoms with Gasteiger partial charge in [0.25, 0.3) is 0 Å². The number of hydrogen-bond acceptors (Lipinski definition) is 2. The van der Waals surface area contributed by atoms with Crippen LogP contribution in [0, 0.1) is 0 Å². The first kappa shape index (κ1) is 14.4. The zero-order valence-electron chi connectivity index (χ0n) is 11.7. The second-order valence-corrected chi connectivity index (χ2v) is 4.29. The van der Waals surface area contributed by atoms with Gasteiger partial charge in [-0.2, -0.15) is 0 Å². The standard InChI is InChI=1S/C14H23N3O/c1-11(2)12-7-5-6-8-13(12)18-10-9-17-14(15-3)16-4/h5-8,11H,9-10H2,1-4H3,(H2,15,16,17). The van der Waals surface area contributed by atoms with Gasteiger partial charge in [0.15, 0.2) is 5.96 Å². The summed E-state index contributed by atoms with van der Waals surface area (Å²) in [5, 5.41) is 6.12. The minimum atomic E-state index is 0.472. The molecule has 0 aromatic heterocycles. The van der Waals surface area contributed by atoms with Gasteiger partial charge in [-0.25, -0.2) is 0 Å². The molecular weight excluding hydrogens is 226 g/mol. The SMILES string of the molecule is CN=C(NC)NCCOc1ccccc1C(C)C. The Labute approximate surface area is 109 Å². The third-order valence-corrected chi connectivity index (χ3v) is 2.65. The fourth-order valence-corrected chi connectivity index (χ4v) is 1.70. The maximum Gasteiger partial charge on any atom is 0.190 e. The first-order valence-corrected chi connectivity index (χ1v) is 6.29. The summed E-state index contributed by atoms with van der Waals surface area (Å²) in [5.74, 6) is 2.21. The summed E-state index contributed by atoms with van der Waals surface area (Å²) in [6.07, 6.45) is 0. The summed E-state index contributed by atoms with van der Waals surface area (Å²) < 4.78 is 5.79. The predicted octanol–water partition coefficient (Wildman–Crippen LogP) is 1.98. The molecule has 0 aliphatic heterocycles. The highest BCUT2D eigenvalue weighted by Crippen LogP contribution is 2.25. The molecule has 4 nitrogen and oxygen atoms in total. The Balaban J connectivity index is 2.44. The second kappa shape index (κ2) is 7.58. The Kier molecular flexibility index (Phi) is 6.05. The minimum Gasteiger partial charge on any atom is -0.491 e. The molecule has 0 aliphatic rings. The van der Waals surface area contributed by atoms with E-state index in [9.17, 15) is 0 Å². The molecule has 4 heteroatoms. The molecule has 0 atom stereocenters. The van der Waals surface area contributed by atoms with E-state index < -0.39 is 0 Å². The van der Waals surface area contributed by atoms with Crippen LogP contribution in [-0.2, 0) is 0 Å². The number of aliphatic imine (C=N–C) groups is 1. The van der Waals surface area contributed by atoms with Gasteiger partial charge in [-0.3, -0.25) is 4.99 Å². The van der Waals surface area contributed by atoms with E-state index in [0.29, 0.717) is 12.5 Å². The van der Waals surface area contributed by atoms with Crippen LogP contribution < -0.4 is 15.4 Å². The number of para-hydroxylation sites is 1. The maximum absolute atomic E-state index is 5.79. The molecule has 18 heavy (non-hydrogen) atoms. The number of ether oxygens (including phenoxy) is 1. The first-order valence-electron chi connectivity index (χ1n) is 6.29. The molecule has 100 valence electrons. The van der Waals surface area contributed by atoms with Gasteiger partial charge in [-0.15, -0.1) is 0 Å². The lowest BCUT2D eigenvalue weighted by Gasteiger charge is -2.14. The highest BCUT2D eigenvalue weighted by atomic mass is 16.5. The summed E-state index contributed by atoms with van der Waals surface area (Å²) in [6, 6.07) is 8.17. The quantitative estimate of drug-likeness (QED) is 0.476. The van der Waals surface area contributed by atoms with Gasteiger partial charge in [0.2, 0.25) is 0 Å². The van der Waals surface area contributed by atoms with Gasteiger partial charge < -0.3 is 15.4 Å². The molecule has 0 saturated carbocycles. The van der Waals surface area contributed by atoms with Crippen molar-refractivity contribution in [2.45, 2.75) is 19.8 Å². The van der Waals surface area contributed by atoms with Crippen molar-refractivity contribution in [3.05, 3.63) is 29.8 Å². The molecular formula is C14H23N3O. The molecule has 0 aliphatic carbocycles. The number of rotatable bonds is 5.